The van der Waals surface area contributed by atoms with E-state index in [1.54, 1.807) is 0 Å². The Bertz CT molecular complexity index is 539. The molecule has 24 heavy (non-hydrogen) atoms. The van der Waals surface area contributed by atoms with Crippen LogP contribution >= 0.6 is 0 Å². The smallest absolute Gasteiger partial charge is 0.248 e. The fraction of sp³-hybridized carbons (Fsp3) is 0.765. The number of nitrogens with zero attached hydrogens (tertiary/aromatic N) is 3. The Morgan fingerprint density at radius 1 is 1.38 bits per heavy atom. The number of piperazine rings is 1. The van der Waals surface area contributed by atoms with Crippen molar-refractivity contribution < 1.29 is 9.53 Å². The summed E-state index contributed by atoms with van der Waals surface area (Å²) >= 11 is 0. The molecule has 2 saturated heterocycles. The van der Waals surface area contributed by atoms with Crippen molar-refractivity contribution in [3.63, 3.8) is 0 Å². The molecular formula is C17H29N5O2. The summed E-state index contributed by atoms with van der Waals surface area (Å²) in [4.78, 5) is 16.5. The van der Waals surface area contributed by atoms with Crippen LogP contribution in [0.1, 0.15) is 38.3 Å². The number of anilines is 1. The molecular weight excluding hydrogens is 306 g/mol. The quantitative estimate of drug-likeness (QED) is 0.838. The third kappa shape index (κ3) is 4.27. The maximum absolute atomic E-state index is 12.3. The third-order valence-corrected chi connectivity index (χ3v) is 4.78. The van der Waals surface area contributed by atoms with E-state index in [1.165, 1.54) is 0 Å². The predicted octanol–water partition coefficient (Wildman–Crippen LogP) is 0.950. The van der Waals surface area contributed by atoms with E-state index in [4.69, 9.17) is 4.74 Å². The van der Waals surface area contributed by atoms with Gasteiger partial charge in [-0.05, 0) is 26.7 Å². The highest BCUT2D eigenvalue weighted by molar-refractivity contribution is 5.77. The summed E-state index contributed by atoms with van der Waals surface area (Å²) < 4.78 is 5.46. The van der Waals surface area contributed by atoms with Gasteiger partial charge in [0, 0.05) is 56.9 Å². The number of aromatic nitrogens is 2. The first-order valence-electron chi connectivity index (χ1n) is 9.04. The Morgan fingerprint density at radius 3 is 2.92 bits per heavy atom. The minimum Gasteiger partial charge on any atom is -0.369 e. The van der Waals surface area contributed by atoms with Gasteiger partial charge in [0.05, 0.1) is 6.10 Å². The highest BCUT2D eigenvalue weighted by atomic mass is 16.5. The zero-order chi connectivity index (χ0) is 16.9. The number of hydrogen-bond donors (Lipinski definition) is 2. The fourth-order valence-corrected chi connectivity index (χ4v) is 3.38. The van der Waals surface area contributed by atoms with Crippen LogP contribution in [0.5, 0.6) is 0 Å². The predicted molar refractivity (Wildman–Crippen MR) is 93.3 cm³/mol. The van der Waals surface area contributed by atoms with Crippen molar-refractivity contribution in [1.29, 1.82) is 0 Å². The van der Waals surface area contributed by atoms with E-state index in [1.807, 2.05) is 18.7 Å². The van der Waals surface area contributed by atoms with E-state index in [9.17, 15) is 4.79 Å². The maximum atomic E-state index is 12.3. The Morgan fingerprint density at radius 2 is 2.17 bits per heavy atom. The lowest BCUT2D eigenvalue weighted by Gasteiger charge is -2.32. The number of carbonyl (C=O) groups is 1. The Labute approximate surface area is 143 Å². The van der Waals surface area contributed by atoms with Crippen LogP contribution in [0.3, 0.4) is 0 Å². The molecule has 3 rings (SSSR count). The number of piperidine rings is 1. The van der Waals surface area contributed by atoms with Crippen LogP contribution in [0.2, 0.25) is 0 Å². The molecule has 0 spiro atoms. The number of rotatable bonds is 5. The van der Waals surface area contributed by atoms with Gasteiger partial charge in [-0.3, -0.25) is 9.89 Å². The molecule has 0 saturated carbocycles. The van der Waals surface area contributed by atoms with Gasteiger partial charge >= 0.3 is 0 Å². The largest absolute Gasteiger partial charge is 0.369 e. The van der Waals surface area contributed by atoms with Gasteiger partial charge in [-0.1, -0.05) is 0 Å². The van der Waals surface area contributed by atoms with Gasteiger partial charge in [-0.15, -0.1) is 0 Å². The summed E-state index contributed by atoms with van der Waals surface area (Å²) in [5, 5.41) is 11.0. The van der Waals surface area contributed by atoms with Gasteiger partial charge in [-0.2, -0.15) is 5.10 Å². The number of amides is 1. The van der Waals surface area contributed by atoms with Crippen LogP contribution in [-0.2, 0) is 9.53 Å². The molecule has 1 atom stereocenters. The summed E-state index contributed by atoms with van der Waals surface area (Å²) in [6.45, 7) is 9.66. The average Bonchev–Trinajstić information content (AvgIpc) is 3.11. The molecule has 2 N–H and O–H groups in total. The molecule has 1 unspecified atom stereocenters. The molecule has 2 fully saturated rings. The van der Waals surface area contributed by atoms with Gasteiger partial charge in [0.15, 0.2) is 5.82 Å². The number of likely N-dealkylation sites (tertiary alicyclic amines) is 1. The number of nitrogens with one attached hydrogen (secondary N) is 2. The lowest BCUT2D eigenvalue weighted by molar-refractivity contribution is -0.138. The first-order chi connectivity index (χ1) is 11.6. The number of aromatic amines is 1. The lowest BCUT2D eigenvalue weighted by Crippen LogP contribution is -2.43. The van der Waals surface area contributed by atoms with Crippen molar-refractivity contribution in [2.75, 3.05) is 50.8 Å². The van der Waals surface area contributed by atoms with Crippen LogP contribution in [0.4, 0.5) is 5.82 Å². The molecule has 1 amide bonds. The van der Waals surface area contributed by atoms with Gasteiger partial charge in [0.25, 0.3) is 0 Å². The van der Waals surface area contributed by atoms with Crippen LogP contribution in [0.15, 0.2) is 6.07 Å². The lowest BCUT2D eigenvalue weighted by atomic mass is 9.95. The monoisotopic (exact) mass is 335 g/mol. The summed E-state index contributed by atoms with van der Waals surface area (Å²) in [7, 11) is 0. The van der Waals surface area contributed by atoms with Crippen LogP contribution < -0.4 is 10.2 Å². The van der Waals surface area contributed by atoms with Gasteiger partial charge in [0.2, 0.25) is 5.91 Å². The molecule has 0 radical (unpaired) electrons. The summed E-state index contributed by atoms with van der Waals surface area (Å²) in [6, 6.07) is 2.16. The van der Waals surface area contributed by atoms with Crippen molar-refractivity contribution in [3.8, 4) is 0 Å². The fourth-order valence-electron chi connectivity index (χ4n) is 3.38. The Kier molecular flexibility index (Phi) is 5.73. The molecule has 1 aromatic heterocycles. The molecule has 0 aromatic carbocycles. The topological polar surface area (TPSA) is 73.5 Å². The number of hydrogen-bond acceptors (Lipinski definition) is 5. The normalized spacial score (nSPS) is 22.2. The number of H-pyrrole nitrogens is 1. The number of carbonyl (C=O) groups excluding carboxylic acids is 1. The maximum Gasteiger partial charge on any atom is 0.248 e. The minimum atomic E-state index is 0.0868. The van der Waals surface area contributed by atoms with Crippen LogP contribution in [-0.4, -0.2) is 73.0 Å². The second-order valence-electron chi connectivity index (χ2n) is 6.96. The first kappa shape index (κ1) is 17.2. The summed E-state index contributed by atoms with van der Waals surface area (Å²) in [6.07, 6.45) is 2.21. The van der Waals surface area contributed by atoms with Crippen molar-refractivity contribution in [2.24, 2.45) is 0 Å². The molecule has 3 heterocycles. The highest BCUT2D eigenvalue weighted by Gasteiger charge is 2.26. The van der Waals surface area contributed by atoms with E-state index in [0.717, 1.165) is 63.6 Å². The van der Waals surface area contributed by atoms with Gasteiger partial charge in [-0.25, -0.2) is 0 Å². The van der Waals surface area contributed by atoms with Crippen LogP contribution in [0, 0.1) is 0 Å². The Hall–Kier alpha value is -1.60. The van der Waals surface area contributed by atoms with Crippen molar-refractivity contribution in [2.45, 2.75) is 38.7 Å². The molecule has 0 bridgehead atoms. The van der Waals surface area contributed by atoms with Gasteiger partial charge < -0.3 is 19.9 Å². The average molecular weight is 335 g/mol. The second kappa shape index (κ2) is 7.98. The SMILES string of the molecule is CC(C)OCC(=O)N1CCCC(c2cc(N3CCNCC3)n[nH]2)C1. The van der Waals surface area contributed by atoms with Crippen molar-refractivity contribution in [3.05, 3.63) is 11.8 Å². The van der Waals surface area contributed by atoms with E-state index in [-0.39, 0.29) is 18.6 Å². The van der Waals surface area contributed by atoms with E-state index >= 15 is 0 Å². The molecule has 1 aromatic rings. The molecule has 7 nitrogen and oxygen atoms in total. The molecule has 2 aliphatic rings. The minimum absolute atomic E-state index is 0.0868. The second-order valence-corrected chi connectivity index (χ2v) is 6.96. The summed E-state index contributed by atoms with van der Waals surface area (Å²) in [5.74, 6) is 1.46. The zero-order valence-electron chi connectivity index (χ0n) is 14.8. The summed E-state index contributed by atoms with van der Waals surface area (Å²) in [5.41, 5.74) is 1.14. The molecule has 2 aliphatic heterocycles. The number of ether oxygens (including phenoxy) is 1. The third-order valence-electron chi connectivity index (χ3n) is 4.78. The van der Waals surface area contributed by atoms with E-state index in [0.29, 0.717) is 5.92 Å². The van der Waals surface area contributed by atoms with Gasteiger partial charge in [0.1, 0.15) is 6.61 Å². The Balaban J connectivity index is 1.58. The van der Waals surface area contributed by atoms with Crippen LogP contribution in [0.25, 0.3) is 0 Å². The standard InChI is InChI=1S/C17H29N5O2/c1-13(2)24-12-17(23)22-7-3-4-14(11-22)15-10-16(20-19-15)21-8-5-18-6-9-21/h10,13-14,18H,3-9,11-12H2,1-2H3,(H,19,20). The zero-order valence-corrected chi connectivity index (χ0v) is 14.8. The first-order valence-corrected chi connectivity index (χ1v) is 9.04. The molecule has 0 aliphatic carbocycles. The van der Waals surface area contributed by atoms with E-state index < -0.39 is 0 Å². The van der Waals surface area contributed by atoms with Crippen molar-refractivity contribution >= 4 is 11.7 Å². The highest BCUT2D eigenvalue weighted by Crippen LogP contribution is 2.28. The van der Waals surface area contributed by atoms with Crippen molar-refractivity contribution in [1.82, 2.24) is 20.4 Å². The van der Waals surface area contributed by atoms with E-state index in [2.05, 4.69) is 26.5 Å². The molecule has 134 valence electrons. The molecule has 7 heteroatoms.